The number of carboxylic acids is 1. The third kappa shape index (κ3) is 4.12. The summed E-state index contributed by atoms with van der Waals surface area (Å²) in [6, 6.07) is 5.31. The van der Waals surface area contributed by atoms with Crippen LogP contribution < -0.4 is 0 Å². The number of hydrogen-bond donors (Lipinski definition) is 1. The number of carbonyl (C=O) groups excluding carboxylic acids is 1. The summed E-state index contributed by atoms with van der Waals surface area (Å²) < 4.78 is 13.6. The molecule has 5 nitrogen and oxygen atoms in total. The lowest BCUT2D eigenvalue weighted by atomic mass is 9.84. The molecule has 0 radical (unpaired) electrons. The van der Waals surface area contributed by atoms with E-state index in [2.05, 4.69) is 4.90 Å². The summed E-state index contributed by atoms with van der Waals surface area (Å²) in [6.07, 6.45) is 0.512. The maximum Gasteiger partial charge on any atom is 0.308 e. The van der Waals surface area contributed by atoms with E-state index in [1.54, 1.807) is 17.0 Å². The van der Waals surface area contributed by atoms with Gasteiger partial charge >= 0.3 is 5.97 Å². The predicted octanol–water partition coefficient (Wildman–Crippen LogP) is 2.53. The lowest BCUT2D eigenvalue weighted by molar-refractivity contribution is -0.152. The van der Waals surface area contributed by atoms with E-state index in [9.17, 15) is 19.1 Å². The molecule has 1 saturated heterocycles. The normalized spacial score (nSPS) is 21.3. The van der Waals surface area contributed by atoms with Crippen molar-refractivity contribution in [2.24, 2.45) is 5.92 Å². The second kappa shape index (κ2) is 8.24. The van der Waals surface area contributed by atoms with Crippen molar-refractivity contribution in [1.29, 1.82) is 0 Å². The van der Waals surface area contributed by atoms with Crippen LogP contribution >= 0.6 is 0 Å². The van der Waals surface area contributed by atoms with E-state index in [4.69, 9.17) is 0 Å². The van der Waals surface area contributed by atoms with Gasteiger partial charge in [-0.3, -0.25) is 9.59 Å². The van der Waals surface area contributed by atoms with E-state index in [0.717, 1.165) is 13.1 Å². The summed E-state index contributed by atoms with van der Waals surface area (Å²) in [5.74, 6) is -2.13. The number of amides is 1. The van der Waals surface area contributed by atoms with Gasteiger partial charge in [0.15, 0.2) is 0 Å². The number of benzene rings is 1. The first kappa shape index (κ1) is 18.4. The van der Waals surface area contributed by atoms with Crippen LogP contribution in [-0.2, 0) is 9.59 Å². The van der Waals surface area contributed by atoms with Crippen LogP contribution in [0.25, 0.3) is 0 Å². The Bertz CT molecular complexity index is 589. The van der Waals surface area contributed by atoms with E-state index in [1.165, 1.54) is 12.1 Å². The van der Waals surface area contributed by atoms with Gasteiger partial charge in [-0.05, 0) is 37.2 Å². The quantitative estimate of drug-likeness (QED) is 0.831. The molecule has 1 amide bonds. The molecule has 1 aromatic rings. The highest BCUT2D eigenvalue weighted by Crippen LogP contribution is 2.37. The standard InChI is InChI=1S/C18H25FN2O3/c1-3-20(4-2)10-11-21-16(22)9-8-15(18(23)24)17(21)13-6-5-7-14(19)12-13/h5-7,12,15,17H,3-4,8-11H2,1-2H3,(H,23,24)/t15-,17-/m1/s1. The highest BCUT2D eigenvalue weighted by atomic mass is 19.1. The monoisotopic (exact) mass is 336 g/mol. The lowest BCUT2D eigenvalue weighted by Gasteiger charge is -2.40. The number of carboxylic acid groups (broad SMARTS) is 1. The highest BCUT2D eigenvalue weighted by Gasteiger charge is 2.40. The summed E-state index contributed by atoms with van der Waals surface area (Å²) in [4.78, 5) is 27.9. The number of rotatable bonds is 7. The predicted molar refractivity (Wildman–Crippen MR) is 89.0 cm³/mol. The van der Waals surface area contributed by atoms with Crippen LogP contribution in [0.4, 0.5) is 4.39 Å². The van der Waals surface area contributed by atoms with Crippen molar-refractivity contribution < 1.29 is 19.1 Å². The van der Waals surface area contributed by atoms with Gasteiger partial charge < -0.3 is 14.9 Å². The third-order valence-electron chi connectivity index (χ3n) is 4.77. The second-order valence-corrected chi connectivity index (χ2v) is 6.10. The van der Waals surface area contributed by atoms with Crippen LogP contribution in [0.1, 0.15) is 38.3 Å². The fourth-order valence-electron chi connectivity index (χ4n) is 3.37. The Hall–Kier alpha value is -1.95. The van der Waals surface area contributed by atoms with Gasteiger partial charge in [-0.2, -0.15) is 0 Å². The summed E-state index contributed by atoms with van der Waals surface area (Å²) >= 11 is 0. The summed E-state index contributed by atoms with van der Waals surface area (Å²) in [6.45, 7) is 6.96. The molecular weight excluding hydrogens is 311 g/mol. The summed E-state index contributed by atoms with van der Waals surface area (Å²) in [5.41, 5.74) is 0.551. The van der Waals surface area contributed by atoms with Crippen LogP contribution in [0, 0.1) is 11.7 Å². The number of likely N-dealkylation sites (tertiary alicyclic amines) is 1. The molecule has 1 aliphatic rings. The fraction of sp³-hybridized carbons (Fsp3) is 0.556. The second-order valence-electron chi connectivity index (χ2n) is 6.10. The minimum Gasteiger partial charge on any atom is -0.481 e. The minimum absolute atomic E-state index is 0.0612. The Morgan fingerprint density at radius 3 is 2.67 bits per heavy atom. The molecule has 0 aromatic heterocycles. The zero-order chi connectivity index (χ0) is 17.7. The van der Waals surface area contributed by atoms with E-state index in [1.807, 2.05) is 13.8 Å². The molecule has 2 rings (SSSR count). The Morgan fingerprint density at radius 1 is 1.38 bits per heavy atom. The maximum absolute atomic E-state index is 13.6. The zero-order valence-electron chi connectivity index (χ0n) is 14.2. The number of aliphatic carboxylic acids is 1. The summed E-state index contributed by atoms with van der Waals surface area (Å²) in [5, 5.41) is 9.57. The van der Waals surface area contributed by atoms with Crippen LogP contribution in [0.3, 0.4) is 0 Å². The molecule has 0 unspecified atom stereocenters. The van der Waals surface area contributed by atoms with Gasteiger partial charge in [0.05, 0.1) is 12.0 Å². The molecule has 0 saturated carbocycles. The van der Waals surface area contributed by atoms with Crippen molar-refractivity contribution in [2.75, 3.05) is 26.2 Å². The molecule has 132 valence electrons. The van der Waals surface area contributed by atoms with Gasteiger partial charge in [0, 0.05) is 19.5 Å². The first-order valence-electron chi connectivity index (χ1n) is 8.48. The highest BCUT2D eigenvalue weighted by molar-refractivity contribution is 5.81. The van der Waals surface area contributed by atoms with E-state index < -0.39 is 23.7 Å². The maximum atomic E-state index is 13.6. The van der Waals surface area contributed by atoms with Gasteiger partial charge in [0.2, 0.25) is 5.91 Å². The van der Waals surface area contributed by atoms with E-state index in [0.29, 0.717) is 18.7 Å². The molecule has 24 heavy (non-hydrogen) atoms. The Kier molecular flexibility index (Phi) is 6.31. The van der Waals surface area contributed by atoms with E-state index >= 15 is 0 Å². The largest absolute Gasteiger partial charge is 0.481 e. The van der Waals surface area contributed by atoms with Crippen molar-refractivity contribution in [3.05, 3.63) is 35.6 Å². The van der Waals surface area contributed by atoms with Crippen LogP contribution in [0.5, 0.6) is 0 Å². The van der Waals surface area contributed by atoms with Crippen molar-refractivity contribution in [2.45, 2.75) is 32.7 Å². The number of piperidine rings is 1. The van der Waals surface area contributed by atoms with E-state index in [-0.39, 0.29) is 18.7 Å². The molecule has 1 aliphatic heterocycles. The molecule has 1 heterocycles. The Morgan fingerprint density at radius 2 is 2.08 bits per heavy atom. The smallest absolute Gasteiger partial charge is 0.308 e. The Labute approximate surface area is 142 Å². The molecular formula is C18H25FN2O3. The van der Waals surface area contributed by atoms with Crippen molar-refractivity contribution in [3.8, 4) is 0 Å². The third-order valence-corrected chi connectivity index (χ3v) is 4.77. The van der Waals surface area contributed by atoms with Gasteiger partial charge in [-0.25, -0.2) is 4.39 Å². The van der Waals surface area contributed by atoms with Gasteiger partial charge in [-0.1, -0.05) is 26.0 Å². The van der Waals surface area contributed by atoms with Crippen LogP contribution in [-0.4, -0.2) is 53.0 Å². The molecule has 6 heteroatoms. The van der Waals surface area contributed by atoms with Crippen molar-refractivity contribution >= 4 is 11.9 Å². The molecule has 0 bridgehead atoms. The molecule has 1 aromatic carbocycles. The number of likely N-dealkylation sites (N-methyl/N-ethyl adjacent to an activating group) is 1. The number of nitrogens with zero attached hydrogens (tertiary/aromatic N) is 2. The molecule has 2 atom stereocenters. The number of halogens is 1. The van der Waals surface area contributed by atoms with Gasteiger partial charge in [0.1, 0.15) is 5.82 Å². The molecule has 0 aliphatic carbocycles. The van der Waals surface area contributed by atoms with Crippen molar-refractivity contribution in [3.63, 3.8) is 0 Å². The first-order chi connectivity index (χ1) is 11.5. The Balaban J connectivity index is 2.31. The SMILES string of the molecule is CCN(CC)CCN1C(=O)CC[C@@H](C(=O)O)[C@H]1c1cccc(F)c1. The topological polar surface area (TPSA) is 60.9 Å². The lowest BCUT2D eigenvalue weighted by Crippen LogP contribution is -2.48. The first-order valence-corrected chi connectivity index (χ1v) is 8.48. The van der Waals surface area contributed by atoms with Crippen LogP contribution in [0.15, 0.2) is 24.3 Å². The van der Waals surface area contributed by atoms with Crippen molar-refractivity contribution in [1.82, 2.24) is 9.80 Å². The minimum atomic E-state index is -0.940. The average molecular weight is 336 g/mol. The number of hydrogen-bond acceptors (Lipinski definition) is 3. The molecule has 1 fully saturated rings. The van der Waals surface area contributed by atoms with Gasteiger partial charge in [0.25, 0.3) is 0 Å². The number of carbonyl (C=O) groups is 2. The van der Waals surface area contributed by atoms with Crippen LogP contribution in [0.2, 0.25) is 0 Å². The van der Waals surface area contributed by atoms with Gasteiger partial charge in [-0.15, -0.1) is 0 Å². The summed E-state index contributed by atoms with van der Waals surface area (Å²) in [7, 11) is 0. The fourth-order valence-corrected chi connectivity index (χ4v) is 3.37. The molecule has 0 spiro atoms. The zero-order valence-corrected chi connectivity index (χ0v) is 14.2. The molecule has 1 N–H and O–H groups in total. The average Bonchev–Trinajstić information content (AvgIpc) is 2.56.